The second kappa shape index (κ2) is 5.84. The van der Waals surface area contributed by atoms with E-state index in [0.717, 1.165) is 17.8 Å². The van der Waals surface area contributed by atoms with Crippen molar-refractivity contribution in [2.45, 2.75) is 24.6 Å². The van der Waals surface area contributed by atoms with E-state index in [9.17, 15) is 8.42 Å². The predicted octanol–water partition coefficient (Wildman–Crippen LogP) is 1.05. The molecule has 21 heavy (non-hydrogen) atoms. The maximum Gasteiger partial charge on any atom is 0.257 e. The second-order valence-corrected chi connectivity index (χ2v) is 7.86. The van der Waals surface area contributed by atoms with E-state index in [1.54, 1.807) is 0 Å². The Bertz CT molecular complexity index is 696. The van der Waals surface area contributed by atoms with Gasteiger partial charge < -0.3 is 4.42 Å². The Morgan fingerprint density at radius 3 is 3.05 bits per heavy atom. The molecule has 1 saturated heterocycles. The van der Waals surface area contributed by atoms with Gasteiger partial charge in [0.05, 0.1) is 16.7 Å². The van der Waals surface area contributed by atoms with Crippen molar-refractivity contribution in [3.63, 3.8) is 0 Å². The van der Waals surface area contributed by atoms with Crippen LogP contribution in [0.5, 0.6) is 0 Å². The third-order valence-electron chi connectivity index (χ3n) is 3.48. The van der Waals surface area contributed by atoms with Gasteiger partial charge in [0.1, 0.15) is 0 Å². The Morgan fingerprint density at radius 1 is 1.48 bits per heavy atom. The van der Waals surface area contributed by atoms with Crippen LogP contribution >= 0.6 is 11.3 Å². The lowest BCUT2D eigenvalue weighted by Gasteiger charge is -2.30. The van der Waals surface area contributed by atoms with Crippen molar-refractivity contribution < 1.29 is 12.8 Å². The summed E-state index contributed by atoms with van der Waals surface area (Å²) in [5.41, 5.74) is 0. The molecular weight excluding hydrogens is 312 g/mol. The van der Waals surface area contributed by atoms with Gasteiger partial charge >= 0.3 is 0 Å². The normalized spacial score (nSPS) is 20.7. The van der Waals surface area contributed by atoms with Crippen LogP contribution in [0.25, 0.3) is 10.8 Å². The van der Waals surface area contributed by atoms with Crippen molar-refractivity contribution in [2.75, 3.05) is 13.1 Å². The van der Waals surface area contributed by atoms with Crippen molar-refractivity contribution >= 4 is 21.4 Å². The number of primary sulfonamides is 1. The third kappa shape index (κ3) is 3.49. The van der Waals surface area contributed by atoms with Crippen molar-refractivity contribution in [3.8, 4) is 10.8 Å². The maximum atomic E-state index is 11.4. The SMILES string of the molecule is NS(=O)(=O)C1CCCN(Cc2nnc(-c3cccs3)o2)C1. The molecule has 1 fully saturated rings. The van der Waals surface area contributed by atoms with E-state index < -0.39 is 15.3 Å². The van der Waals surface area contributed by atoms with Crippen LogP contribution in [0.1, 0.15) is 18.7 Å². The first-order chi connectivity index (χ1) is 10.0. The lowest BCUT2D eigenvalue weighted by Crippen LogP contribution is -2.44. The van der Waals surface area contributed by atoms with Gasteiger partial charge in [-0.25, -0.2) is 13.6 Å². The molecule has 3 heterocycles. The zero-order valence-corrected chi connectivity index (χ0v) is 12.9. The van der Waals surface area contributed by atoms with Crippen LogP contribution < -0.4 is 5.14 Å². The van der Waals surface area contributed by atoms with Crippen LogP contribution in [0.2, 0.25) is 0 Å². The molecule has 2 N–H and O–H groups in total. The largest absolute Gasteiger partial charge is 0.419 e. The molecule has 0 saturated carbocycles. The van der Waals surface area contributed by atoms with Crippen LogP contribution in [-0.4, -0.2) is 41.9 Å². The molecule has 0 bridgehead atoms. The molecule has 1 atom stereocenters. The summed E-state index contributed by atoms with van der Waals surface area (Å²) in [7, 11) is -3.49. The minimum atomic E-state index is -3.49. The van der Waals surface area contributed by atoms with Gasteiger partial charge in [0, 0.05) is 6.54 Å². The van der Waals surface area contributed by atoms with Gasteiger partial charge in [0.15, 0.2) is 0 Å². The Morgan fingerprint density at radius 2 is 2.33 bits per heavy atom. The molecule has 0 spiro atoms. The number of aromatic nitrogens is 2. The van der Waals surface area contributed by atoms with E-state index in [2.05, 4.69) is 10.2 Å². The van der Waals surface area contributed by atoms with Gasteiger partial charge in [-0.2, -0.15) is 0 Å². The lowest BCUT2D eigenvalue weighted by molar-refractivity contribution is 0.203. The van der Waals surface area contributed by atoms with Gasteiger partial charge in [-0.05, 0) is 30.8 Å². The molecule has 1 aliphatic rings. The summed E-state index contributed by atoms with van der Waals surface area (Å²) >= 11 is 1.53. The van der Waals surface area contributed by atoms with Crippen molar-refractivity contribution in [1.82, 2.24) is 15.1 Å². The van der Waals surface area contributed by atoms with Crippen molar-refractivity contribution in [3.05, 3.63) is 23.4 Å². The third-order valence-corrected chi connectivity index (χ3v) is 5.66. The molecule has 9 heteroatoms. The molecule has 0 aliphatic carbocycles. The molecule has 3 rings (SSSR count). The van der Waals surface area contributed by atoms with Crippen LogP contribution in [-0.2, 0) is 16.6 Å². The standard InChI is InChI=1S/C12H16N4O3S2/c13-21(17,18)9-3-1-5-16(7-9)8-11-14-15-12(19-11)10-4-2-6-20-10/h2,4,6,9H,1,3,5,7-8H2,(H2,13,17,18). The quantitative estimate of drug-likeness (QED) is 0.900. The van der Waals surface area contributed by atoms with Gasteiger partial charge in [-0.3, -0.25) is 4.90 Å². The van der Waals surface area contributed by atoms with Gasteiger partial charge in [0.25, 0.3) is 5.89 Å². The highest BCUT2D eigenvalue weighted by atomic mass is 32.2. The summed E-state index contributed by atoms with van der Waals surface area (Å²) < 4.78 is 28.5. The Balaban J connectivity index is 1.67. The first-order valence-electron chi connectivity index (χ1n) is 6.62. The predicted molar refractivity (Wildman–Crippen MR) is 79.0 cm³/mol. The Hall–Kier alpha value is -1.29. The van der Waals surface area contributed by atoms with Gasteiger partial charge in [-0.1, -0.05) is 6.07 Å². The van der Waals surface area contributed by atoms with Crippen LogP contribution in [0.15, 0.2) is 21.9 Å². The fourth-order valence-electron chi connectivity index (χ4n) is 2.43. The summed E-state index contributed by atoms with van der Waals surface area (Å²) in [4.78, 5) is 2.92. The van der Waals surface area contributed by atoms with E-state index in [1.165, 1.54) is 11.3 Å². The van der Waals surface area contributed by atoms with E-state index >= 15 is 0 Å². The molecule has 114 valence electrons. The average molecular weight is 328 g/mol. The van der Waals surface area contributed by atoms with Crippen molar-refractivity contribution in [1.29, 1.82) is 0 Å². The van der Waals surface area contributed by atoms with Crippen molar-refractivity contribution in [2.24, 2.45) is 5.14 Å². The summed E-state index contributed by atoms with van der Waals surface area (Å²) in [5, 5.41) is 14.7. The molecule has 0 radical (unpaired) electrons. The summed E-state index contributed by atoms with van der Waals surface area (Å²) in [6.07, 6.45) is 1.41. The minimum Gasteiger partial charge on any atom is -0.419 e. The van der Waals surface area contributed by atoms with Crippen LogP contribution in [0.4, 0.5) is 0 Å². The first-order valence-corrected chi connectivity index (χ1v) is 9.11. The summed E-state index contributed by atoms with van der Waals surface area (Å²) in [6, 6.07) is 3.84. The summed E-state index contributed by atoms with van der Waals surface area (Å²) in [5.74, 6) is 0.994. The number of rotatable bonds is 4. The van der Waals surface area contributed by atoms with E-state index in [0.29, 0.717) is 31.3 Å². The molecule has 2 aromatic heterocycles. The fraction of sp³-hybridized carbons (Fsp3) is 0.500. The second-order valence-electron chi connectivity index (χ2n) is 5.07. The van der Waals surface area contributed by atoms with E-state index in [4.69, 9.17) is 9.56 Å². The maximum absolute atomic E-state index is 11.4. The number of nitrogens with zero attached hydrogens (tertiary/aromatic N) is 3. The summed E-state index contributed by atoms with van der Waals surface area (Å²) in [6.45, 7) is 1.67. The number of nitrogens with two attached hydrogens (primary N) is 1. The minimum absolute atomic E-state index is 0.412. The number of likely N-dealkylation sites (tertiary alicyclic amines) is 1. The van der Waals surface area contributed by atoms with Gasteiger partial charge in [0.2, 0.25) is 15.9 Å². The van der Waals surface area contributed by atoms with Crippen LogP contribution in [0, 0.1) is 0 Å². The topological polar surface area (TPSA) is 102 Å². The number of sulfonamides is 1. The number of hydrogen-bond donors (Lipinski definition) is 1. The number of hydrogen-bond acceptors (Lipinski definition) is 7. The van der Waals surface area contributed by atoms with E-state index in [-0.39, 0.29) is 0 Å². The molecular formula is C12H16N4O3S2. The Kier molecular flexibility index (Phi) is 4.07. The molecule has 0 amide bonds. The van der Waals surface area contributed by atoms with Gasteiger partial charge in [-0.15, -0.1) is 21.5 Å². The molecule has 0 aromatic carbocycles. The zero-order valence-electron chi connectivity index (χ0n) is 11.3. The Labute approximate surface area is 126 Å². The smallest absolute Gasteiger partial charge is 0.257 e. The highest BCUT2D eigenvalue weighted by molar-refractivity contribution is 7.89. The lowest BCUT2D eigenvalue weighted by atomic mass is 10.1. The highest BCUT2D eigenvalue weighted by Gasteiger charge is 2.28. The average Bonchev–Trinajstić information content (AvgIpc) is 3.08. The highest BCUT2D eigenvalue weighted by Crippen LogP contribution is 2.24. The monoisotopic (exact) mass is 328 g/mol. The van der Waals surface area contributed by atoms with E-state index in [1.807, 2.05) is 22.4 Å². The molecule has 1 aliphatic heterocycles. The number of piperidine rings is 1. The molecule has 2 aromatic rings. The van der Waals surface area contributed by atoms with Crippen LogP contribution in [0.3, 0.4) is 0 Å². The first kappa shape index (κ1) is 14.6. The zero-order chi connectivity index (χ0) is 14.9. The molecule has 1 unspecified atom stereocenters. The number of thiophene rings is 1. The molecule has 7 nitrogen and oxygen atoms in total. The fourth-order valence-corrected chi connectivity index (χ4v) is 3.99.